The lowest BCUT2D eigenvalue weighted by molar-refractivity contribution is 0.601. The summed E-state index contributed by atoms with van der Waals surface area (Å²) in [7, 11) is -3.65. The Bertz CT molecular complexity index is 1000. The molecule has 2 N–H and O–H groups in total. The summed E-state index contributed by atoms with van der Waals surface area (Å²) in [6.45, 7) is 2.65. The summed E-state index contributed by atoms with van der Waals surface area (Å²) in [5.74, 6) is 0.384. The summed E-state index contributed by atoms with van der Waals surface area (Å²) in [6, 6.07) is 16.5. The van der Waals surface area contributed by atoms with Crippen molar-refractivity contribution in [3.05, 3.63) is 83.8 Å². The first-order chi connectivity index (χ1) is 13.5. The van der Waals surface area contributed by atoms with Crippen LogP contribution in [-0.4, -0.2) is 19.9 Å². The molecule has 0 atom stereocenters. The highest BCUT2D eigenvalue weighted by Crippen LogP contribution is 2.17. The maximum Gasteiger partial charge on any atom is 0.261 e. The Labute approximate surface area is 164 Å². The molecule has 0 aliphatic carbocycles. The van der Waals surface area contributed by atoms with Crippen LogP contribution in [0.15, 0.2) is 71.8 Å². The normalized spacial score (nSPS) is 11.2. The second kappa shape index (κ2) is 8.84. The highest BCUT2D eigenvalue weighted by atomic mass is 32.2. The lowest BCUT2D eigenvalue weighted by atomic mass is 10.1. The topological polar surface area (TPSA) is 71.1 Å². The number of aromatic nitrogens is 1. The molecule has 0 bridgehead atoms. The number of pyridine rings is 1. The molecular weight excluding hydrogens is 377 g/mol. The quantitative estimate of drug-likeness (QED) is 0.594. The van der Waals surface area contributed by atoms with Gasteiger partial charge in [0, 0.05) is 6.54 Å². The van der Waals surface area contributed by atoms with E-state index in [0.717, 1.165) is 24.0 Å². The van der Waals surface area contributed by atoms with Crippen molar-refractivity contribution in [2.45, 2.75) is 24.7 Å². The van der Waals surface area contributed by atoms with Crippen molar-refractivity contribution in [3.63, 3.8) is 0 Å². The van der Waals surface area contributed by atoms with Gasteiger partial charge in [-0.2, -0.15) is 0 Å². The number of rotatable bonds is 8. The van der Waals surface area contributed by atoms with Crippen LogP contribution < -0.4 is 10.0 Å². The maximum atomic E-state index is 12.9. The summed E-state index contributed by atoms with van der Waals surface area (Å²) < 4.78 is 40.3. The molecule has 0 aliphatic rings. The van der Waals surface area contributed by atoms with Crippen LogP contribution in [0.25, 0.3) is 0 Å². The lowest BCUT2D eigenvalue weighted by Crippen LogP contribution is -2.13. The van der Waals surface area contributed by atoms with Gasteiger partial charge in [-0.1, -0.05) is 31.2 Å². The van der Waals surface area contributed by atoms with Crippen LogP contribution in [0.5, 0.6) is 0 Å². The van der Waals surface area contributed by atoms with Crippen LogP contribution in [-0.2, 0) is 22.9 Å². The van der Waals surface area contributed by atoms with Crippen molar-refractivity contribution in [3.8, 4) is 0 Å². The SMILES string of the molecule is CCc1ccc(S(=O)(=O)Nc2ccc(NCCc3ccc(F)cc3)nc2)cc1. The molecule has 0 fully saturated rings. The number of sulfonamides is 1. The number of nitrogens with one attached hydrogen (secondary N) is 2. The van der Waals surface area contributed by atoms with E-state index in [4.69, 9.17) is 0 Å². The monoisotopic (exact) mass is 399 g/mol. The van der Waals surface area contributed by atoms with Gasteiger partial charge in [0.25, 0.3) is 10.0 Å². The third kappa shape index (κ3) is 5.29. The third-order valence-corrected chi connectivity index (χ3v) is 5.69. The second-order valence-electron chi connectivity index (χ2n) is 6.34. The van der Waals surface area contributed by atoms with Gasteiger partial charge in [-0.05, 0) is 60.4 Å². The van der Waals surface area contributed by atoms with E-state index in [1.54, 1.807) is 48.5 Å². The van der Waals surface area contributed by atoms with Crippen molar-refractivity contribution in [1.82, 2.24) is 4.98 Å². The van der Waals surface area contributed by atoms with E-state index >= 15 is 0 Å². The Morgan fingerprint density at radius 2 is 1.61 bits per heavy atom. The Balaban J connectivity index is 1.56. The smallest absolute Gasteiger partial charge is 0.261 e. The van der Waals surface area contributed by atoms with E-state index < -0.39 is 10.0 Å². The average molecular weight is 399 g/mol. The van der Waals surface area contributed by atoms with Crippen molar-refractivity contribution in [2.24, 2.45) is 0 Å². The number of benzene rings is 2. The predicted molar refractivity (Wildman–Crippen MR) is 109 cm³/mol. The van der Waals surface area contributed by atoms with E-state index in [9.17, 15) is 12.8 Å². The highest BCUT2D eigenvalue weighted by molar-refractivity contribution is 7.92. The van der Waals surface area contributed by atoms with Crippen LogP contribution in [0.4, 0.5) is 15.9 Å². The summed E-state index contributed by atoms with van der Waals surface area (Å²) in [4.78, 5) is 4.45. The summed E-state index contributed by atoms with van der Waals surface area (Å²) in [5.41, 5.74) is 2.49. The highest BCUT2D eigenvalue weighted by Gasteiger charge is 2.14. The zero-order valence-corrected chi connectivity index (χ0v) is 16.3. The Hall–Kier alpha value is -2.93. The second-order valence-corrected chi connectivity index (χ2v) is 8.02. The van der Waals surface area contributed by atoms with Crippen LogP contribution in [0.1, 0.15) is 18.1 Å². The first-order valence-electron chi connectivity index (χ1n) is 9.02. The van der Waals surface area contributed by atoms with Crippen LogP contribution in [0, 0.1) is 5.82 Å². The minimum absolute atomic E-state index is 0.214. The van der Waals surface area contributed by atoms with Gasteiger partial charge >= 0.3 is 0 Å². The van der Waals surface area contributed by atoms with Crippen molar-refractivity contribution in [2.75, 3.05) is 16.6 Å². The molecule has 5 nitrogen and oxygen atoms in total. The number of anilines is 2. The first kappa shape index (κ1) is 19.8. The van der Waals surface area contributed by atoms with Crippen molar-refractivity contribution in [1.29, 1.82) is 0 Å². The lowest BCUT2D eigenvalue weighted by Gasteiger charge is -2.10. The Morgan fingerprint density at radius 1 is 0.929 bits per heavy atom. The Kier molecular flexibility index (Phi) is 6.26. The molecule has 0 aliphatic heterocycles. The minimum Gasteiger partial charge on any atom is -0.370 e. The van der Waals surface area contributed by atoms with Crippen molar-refractivity contribution < 1.29 is 12.8 Å². The molecule has 1 heterocycles. The van der Waals surface area contributed by atoms with Crippen LogP contribution in [0.2, 0.25) is 0 Å². The number of halogens is 1. The standard InChI is InChI=1S/C21H22FN3O2S/c1-2-16-5-10-20(11-6-16)28(26,27)25-19-9-12-21(24-15-19)23-14-13-17-3-7-18(22)8-4-17/h3-12,15,25H,2,13-14H2,1H3,(H,23,24). The van der Waals surface area contributed by atoms with Gasteiger partial charge in [0.1, 0.15) is 11.6 Å². The number of hydrogen-bond donors (Lipinski definition) is 2. The maximum absolute atomic E-state index is 12.9. The van der Waals surface area contributed by atoms with Gasteiger partial charge in [0.05, 0.1) is 16.8 Å². The van der Waals surface area contributed by atoms with Gasteiger partial charge in [0.15, 0.2) is 0 Å². The van der Waals surface area contributed by atoms with Gasteiger partial charge in [0.2, 0.25) is 0 Å². The fourth-order valence-electron chi connectivity index (χ4n) is 2.66. The van der Waals surface area contributed by atoms with Gasteiger partial charge in [-0.15, -0.1) is 0 Å². The summed E-state index contributed by atoms with van der Waals surface area (Å²) in [6.07, 6.45) is 3.05. The molecule has 0 spiro atoms. The molecule has 0 amide bonds. The molecule has 146 valence electrons. The molecule has 28 heavy (non-hydrogen) atoms. The first-order valence-corrected chi connectivity index (χ1v) is 10.5. The zero-order valence-electron chi connectivity index (χ0n) is 15.5. The number of aryl methyl sites for hydroxylation is 1. The van der Waals surface area contributed by atoms with Gasteiger partial charge in [-0.3, -0.25) is 4.72 Å². The molecule has 0 unspecified atom stereocenters. The molecule has 0 saturated heterocycles. The van der Waals surface area contributed by atoms with Gasteiger partial charge in [-0.25, -0.2) is 17.8 Å². The molecular formula is C21H22FN3O2S. The molecule has 7 heteroatoms. The number of hydrogen-bond acceptors (Lipinski definition) is 4. The molecule has 3 rings (SSSR count). The molecule has 0 radical (unpaired) electrons. The van der Waals surface area contributed by atoms with E-state index in [-0.39, 0.29) is 10.7 Å². The molecule has 1 aromatic heterocycles. The van der Waals surface area contributed by atoms with Gasteiger partial charge < -0.3 is 5.32 Å². The molecule has 0 saturated carbocycles. The largest absolute Gasteiger partial charge is 0.370 e. The summed E-state index contributed by atoms with van der Waals surface area (Å²) >= 11 is 0. The average Bonchev–Trinajstić information content (AvgIpc) is 2.70. The third-order valence-electron chi connectivity index (χ3n) is 4.29. The Morgan fingerprint density at radius 3 is 2.21 bits per heavy atom. The summed E-state index contributed by atoms with van der Waals surface area (Å²) in [5, 5.41) is 3.16. The van der Waals surface area contributed by atoms with E-state index in [1.165, 1.54) is 18.3 Å². The molecule has 2 aromatic carbocycles. The molecule has 3 aromatic rings. The van der Waals surface area contributed by atoms with Crippen molar-refractivity contribution >= 4 is 21.5 Å². The van der Waals surface area contributed by atoms with Crippen LogP contribution in [0.3, 0.4) is 0 Å². The van der Waals surface area contributed by atoms with E-state index in [1.807, 2.05) is 6.92 Å². The predicted octanol–water partition coefficient (Wildman–Crippen LogP) is 4.24. The van der Waals surface area contributed by atoms with E-state index in [2.05, 4.69) is 15.0 Å². The zero-order chi connectivity index (χ0) is 20.0. The fraction of sp³-hybridized carbons (Fsp3) is 0.190. The minimum atomic E-state index is -3.65. The number of nitrogens with zero attached hydrogens (tertiary/aromatic N) is 1. The van der Waals surface area contributed by atoms with E-state index in [0.29, 0.717) is 18.1 Å². The van der Waals surface area contributed by atoms with Crippen LogP contribution >= 0.6 is 0 Å². The fourth-order valence-corrected chi connectivity index (χ4v) is 3.71.